The van der Waals surface area contributed by atoms with Crippen LogP contribution in [0, 0.1) is 0 Å². The van der Waals surface area contributed by atoms with E-state index >= 15 is 0 Å². The van der Waals surface area contributed by atoms with Crippen molar-refractivity contribution in [1.29, 1.82) is 0 Å². The number of carbonyl (C=O) groups excluding carboxylic acids is 2. The predicted octanol–water partition coefficient (Wildman–Crippen LogP) is 6.57. The quantitative estimate of drug-likeness (QED) is 0.0493. The average molecular weight is 716 g/mol. The first kappa shape index (κ1) is 46.6. The van der Waals surface area contributed by atoms with Crippen molar-refractivity contribution >= 4 is 35.8 Å². The molecule has 2 N–H and O–H groups in total. The van der Waals surface area contributed by atoms with Gasteiger partial charge in [0.15, 0.2) is 0 Å². The minimum absolute atomic E-state index is 0. The van der Waals surface area contributed by atoms with Crippen molar-refractivity contribution in [1.82, 2.24) is 0 Å². The van der Waals surface area contributed by atoms with Crippen LogP contribution in [0.15, 0.2) is 24.3 Å². The molecule has 7 heteroatoms. The average Bonchev–Trinajstić information content (AvgIpc) is 2.95. The van der Waals surface area contributed by atoms with Crippen molar-refractivity contribution in [2.24, 2.45) is 0 Å². The summed E-state index contributed by atoms with van der Waals surface area (Å²) in [6.45, 7) is 4.39. The molecule has 0 rings (SSSR count). The number of aliphatic hydroxyl groups is 2. The maximum atomic E-state index is 10.2. The first-order valence-electron chi connectivity index (χ1n) is 17.4. The Morgan fingerprint density at radius 3 is 1.19 bits per heavy atom. The van der Waals surface area contributed by atoms with Gasteiger partial charge < -0.3 is 30.0 Å². The molecular formula is C36H68O6Sn. The number of allylic oxidation sites excluding steroid dienone is 2. The van der Waals surface area contributed by atoms with Gasteiger partial charge in [0.25, 0.3) is 0 Å². The Hall–Kier alpha value is -0.861. The molecule has 0 aromatic carbocycles. The van der Waals surface area contributed by atoms with Gasteiger partial charge in [-0.05, 0) is 77.0 Å². The molecule has 0 aromatic heterocycles. The Morgan fingerprint density at radius 2 is 0.837 bits per heavy atom. The Bertz CT molecular complexity index is 583. The SMILES string of the molecule is CCCCCC[C@@H](O)C/C=C\CCCCCCCC(=O)[O-].CCCCCC[C@@H](O)C/C=C\CCCCCCCC(=O)[O-].[SnH2+2]. The summed E-state index contributed by atoms with van der Waals surface area (Å²) in [7, 11) is 0. The molecule has 0 saturated heterocycles. The van der Waals surface area contributed by atoms with Crippen LogP contribution in [0.3, 0.4) is 0 Å². The molecule has 0 aliphatic carbocycles. The Kier molecular flexibility index (Phi) is 42.4. The van der Waals surface area contributed by atoms with E-state index in [4.69, 9.17) is 0 Å². The fourth-order valence-electron chi connectivity index (χ4n) is 4.72. The monoisotopic (exact) mass is 716 g/mol. The molecule has 0 spiro atoms. The van der Waals surface area contributed by atoms with Crippen molar-refractivity contribution in [3.8, 4) is 0 Å². The summed E-state index contributed by atoms with van der Waals surface area (Å²) >= 11 is 0. The summed E-state index contributed by atoms with van der Waals surface area (Å²) in [6, 6.07) is 0. The van der Waals surface area contributed by atoms with Crippen LogP contribution in [-0.2, 0) is 9.59 Å². The number of aliphatic carboxylic acids is 2. The molecule has 2 atom stereocenters. The molecule has 0 aliphatic heterocycles. The summed E-state index contributed by atoms with van der Waals surface area (Å²) in [4.78, 5) is 20.4. The molecule has 0 aromatic rings. The number of unbranched alkanes of at least 4 members (excludes halogenated alkanes) is 16. The minimum atomic E-state index is -0.939. The topological polar surface area (TPSA) is 121 Å². The number of hydrogen-bond donors (Lipinski definition) is 2. The molecule has 0 fully saturated rings. The predicted molar refractivity (Wildman–Crippen MR) is 180 cm³/mol. The van der Waals surface area contributed by atoms with Crippen molar-refractivity contribution in [2.75, 3.05) is 0 Å². The summed E-state index contributed by atoms with van der Waals surface area (Å²) < 4.78 is 0. The second-order valence-corrected chi connectivity index (χ2v) is 11.8. The molecule has 0 amide bonds. The molecule has 252 valence electrons. The van der Waals surface area contributed by atoms with Gasteiger partial charge in [-0.25, -0.2) is 0 Å². The van der Waals surface area contributed by atoms with E-state index in [1.807, 2.05) is 0 Å². The second-order valence-electron chi connectivity index (χ2n) is 11.8. The fourth-order valence-corrected chi connectivity index (χ4v) is 4.72. The van der Waals surface area contributed by atoms with E-state index in [0.29, 0.717) is 0 Å². The molecule has 0 bridgehead atoms. The van der Waals surface area contributed by atoms with Gasteiger partial charge in [-0.2, -0.15) is 0 Å². The standard InChI is InChI=1S/2C18H34O3.Sn.2H/c2*1-2-3-4-11-14-17(19)15-12-9-7-5-6-8-10-13-16-18(20)21;;;/h2*9,12,17,19H,2-8,10-11,13-16H2,1H3,(H,20,21);;;/q;;+2;;/p-2/b2*12-9-;;;/t2*17-;;;/m11.../s1. The van der Waals surface area contributed by atoms with Crippen LogP contribution in [0.1, 0.15) is 181 Å². The van der Waals surface area contributed by atoms with Crippen molar-refractivity contribution in [2.45, 2.75) is 193 Å². The van der Waals surface area contributed by atoms with Gasteiger partial charge in [0, 0.05) is 11.9 Å². The maximum absolute atomic E-state index is 10.2. The number of carboxylic acid groups (broad SMARTS) is 2. The number of rotatable bonds is 30. The number of carboxylic acids is 2. The van der Waals surface area contributed by atoms with Gasteiger partial charge in [0.1, 0.15) is 0 Å². The van der Waals surface area contributed by atoms with E-state index in [0.717, 1.165) is 116 Å². The van der Waals surface area contributed by atoms with Crippen LogP contribution >= 0.6 is 0 Å². The summed E-state index contributed by atoms with van der Waals surface area (Å²) in [5, 5.41) is 40.0. The third-order valence-corrected chi connectivity index (χ3v) is 7.43. The van der Waals surface area contributed by atoms with E-state index in [1.165, 1.54) is 38.5 Å². The normalized spacial score (nSPS) is 12.6. The second kappa shape index (κ2) is 39.2. The van der Waals surface area contributed by atoms with Gasteiger partial charge in [-0.3, -0.25) is 0 Å². The van der Waals surface area contributed by atoms with Crippen LogP contribution in [0.4, 0.5) is 0 Å². The number of carbonyl (C=O) groups is 2. The fraction of sp³-hybridized carbons (Fsp3) is 0.833. The molecule has 0 radical (unpaired) electrons. The summed E-state index contributed by atoms with van der Waals surface area (Å²) in [5.41, 5.74) is 0. The first-order chi connectivity index (χ1) is 20.3. The molecule has 0 aliphatic rings. The molecule has 6 nitrogen and oxygen atoms in total. The molecule has 0 saturated carbocycles. The van der Waals surface area contributed by atoms with Crippen LogP contribution < -0.4 is 10.2 Å². The van der Waals surface area contributed by atoms with E-state index in [2.05, 4.69) is 38.2 Å². The van der Waals surface area contributed by atoms with Crippen LogP contribution in [0.5, 0.6) is 0 Å². The molecular weight excluding hydrogens is 647 g/mol. The molecule has 0 heterocycles. The number of hydrogen-bond acceptors (Lipinski definition) is 6. The van der Waals surface area contributed by atoms with E-state index in [-0.39, 0.29) is 49.0 Å². The van der Waals surface area contributed by atoms with Gasteiger partial charge in [-0.15, -0.1) is 0 Å². The van der Waals surface area contributed by atoms with E-state index < -0.39 is 11.9 Å². The van der Waals surface area contributed by atoms with Crippen LogP contribution in [0.25, 0.3) is 0 Å². The number of aliphatic hydroxyl groups excluding tert-OH is 2. The Morgan fingerprint density at radius 1 is 0.512 bits per heavy atom. The van der Waals surface area contributed by atoms with Crippen LogP contribution in [-0.4, -0.2) is 58.3 Å². The van der Waals surface area contributed by atoms with Crippen molar-refractivity contribution < 1.29 is 30.0 Å². The zero-order valence-corrected chi connectivity index (χ0v) is 32.1. The molecule has 0 unspecified atom stereocenters. The van der Waals surface area contributed by atoms with Gasteiger partial charge in [-0.1, -0.05) is 128 Å². The van der Waals surface area contributed by atoms with E-state index in [9.17, 15) is 30.0 Å². The molecule has 43 heavy (non-hydrogen) atoms. The van der Waals surface area contributed by atoms with Crippen LogP contribution in [0.2, 0.25) is 0 Å². The van der Waals surface area contributed by atoms with Crippen molar-refractivity contribution in [3.05, 3.63) is 24.3 Å². The summed E-state index contributed by atoms with van der Waals surface area (Å²) in [5.74, 6) is -1.88. The van der Waals surface area contributed by atoms with E-state index in [1.54, 1.807) is 0 Å². The van der Waals surface area contributed by atoms with Gasteiger partial charge >= 0.3 is 23.9 Å². The van der Waals surface area contributed by atoms with Gasteiger partial charge in [0.2, 0.25) is 0 Å². The van der Waals surface area contributed by atoms with Crippen molar-refractivity contribution in [3.63, 3.8) is 0 Å². The third-order valence-electron chi connectivity index (χ3n) is 7.43. The Balaban J connectivity index is -0.000000727. The zero-order valence-electron chi connectivity index (χ0n) is 28.1. The Labute approximate surface area is 282 Å². The third kappa shape index (κ3) is 45.7. The summed E-state index contributed by atoms with van der Waals surface area (Å²) in [6.07, 6.45) is 34.0. The van der Waals surface area contributed by atoms with Gasteiger partial charge in [0.05, 0.1) is 12.2 Å². The zero-order chi connectivity index (χ0) is 31.5. The first-order valence-corrected chi connectivity index (χ1v) is 17.4.